The number of fused-ring (bicyclic) bond motifs is 14. The summed E-state index contributed by atoms with van der Waals surface area (Å²) < 4.78 is 5.46. The Balaban J connectivity index is 0.935. The van der Waals surface area contributed by atoms with Crippen molar-refractivity contribution >= 4 is 115 Å². The van der Waals surface area contributed by atoms with Crippen molar-refractivity contribution in [2.45, 2.75) is 83.7 Å². The summed E-state index contributed by atoms with van der Waals surface area (Å²) in [5.41, 5.74) is 2.58. The van der Waals surface area contributed by atoms with Crippen molar-refractivity contribution in [1.82, 2.24) is 71.1 Å². The van der Waals surface area contributed by atoms with Gasteiger partial charge in [0.05, 0.1) is 42.2 Å². The van der Waals surface area contributed by atoms with E-state index in [9.17, 15) is 38.7 Å². The first-order chi connectivity index (χ1) is 43.8. The van der Waals surface area contributed by atoms with E-state index in [0.29, 0.717) is 121 Å². The topological polar surface area (TPSA) is 361 Å². The number of amides is 7. The van der Waals surface area contributed by atoms with Crippen LogP contribution in [0.2, 0.25) is 0 Å². The normalized spacial score (nSPS) is 19.9. The van der Waals surface area contributed by atoms with Crippen LogP contribution < -0.4 is 38.3 Å². The number of nitrogens with one attached hydrogen (secondary N) is 5. The number of nitrogens with two attached hydrogens (primary N) is 2. The highest BCUT2D eigenvalue weighted by Crippen LogP contribution is 2.41. The first-order valence-corrected chi connectivity index (χ1v) is 34.3. The van der Waals surface area contributed by atoms with Crippen LogP contribution in [0.4, 0.5) is 5.82 Å². The van der Waals surface area contributed by atoms with Crippen LogP contribution in [0.25, 0.3) is 43.4 Å². The van der Waals surface area contributed by atoms with Gasteiger partial charge in [-0.15, -0.1) is 68.0 Å². The lowest BCUT2D eigenvalue weighted by atomic mass is 9.81. The van der Waals surface area contributed by atoms with Crippen molar-refractivity contribution in [2.24, 2.45) is 29.4 Å². The summed E-state index contributed by atoms with van der Waals surface area (Å²) >= 11 is 7.14. The molecule has 1 aliphatic carbocycles. The number of piperazine rings is 1. The standard InChI is InChI=1S/C59H65N17O9S6/c1-28(2)43-57-73-46(39(91-57)23-85-5)51(82)63-22-42(78)76(61)47(48(79)30-9-7-6-8-10-30)58-68-38(26-88-58)55-66-36(24-87-55)45-33(53-67-37(25-86-53)50(81)65-35(21-41(77)62-4)56-72-44(29(3)90-56)52(83)71-43)15-16-34(64-45)54-70-40(27-89-54)69-49(80)31-11-13-32(14-12-31)59(84)74-17-19-75(60)20-18-74/h6-10,15-16,24-28,31-32,35,43,47-48,79H,11-14,17-23,60-61H2,1-5H3,(H,62,77)(H,63,82)(H,65,81)(H,69,80)(H,71,83)/t31-,32-,35-,43-,47-,48-/m0/s1. The molecular formula is C59H65N17O9S6. The predicted octanol–water partition coefficient (Wildman–Crippen LogP) is 6.66. The number of rotatable bonds is 11. The first kappa shape index (κ1) is 64.8. The number of anilines is 1. The molecule has 7 amide bonds. The average molecular weight is 1350 g/mol. The minimum Gasteiger partial charge on any atom is -0.386 e. The highest BCUT2D eigenvalue weighted by atomic mass is 32.1. The van der Waals surface area contributed by atoms with Gasteiger partial charge in [-0.05, 0) is 56.2 Å². The molecule has 10 bridgehead atoms. The molecule has 1 saturated heterocycles. The average Bonchev–Trinajstić information content (AvgIpc) is 2.66. The number of hydrogen-bond donors (Lipinski definition) is 8. The van der Waals surface area contributed by atoms with Crippen molar-refractivity contribution in [1.29, 1.82) is 0 Å². The number of carbonyl (C=O) groups excluding carboxylic acids is 7. The zero-order chi connectivity index (χ0) is 64.2. The van der Waals surface area contributed by atoms with Crippen LogP contribution in [0.1, 0.15) is 132 Å². The fraction of sp³-hybridized carbons (Fsp3) is 0.390. The quantitative estimate of drug-likeness (QED) is 0.0495. The summed E-state index contributed by atoms with van der Waals surface area (Å²) in [4.78, 5) is 134. The molecule has 7 aromatic heterocycles. The zero-order valence-electron chi connectivity index (χ0n) is 50.0. The Morgan fingerprint density at radius 3 is 2.12 bits per heavy atom. The van der Waals surface area contributed by atoms with Gasteiger partial charge in [-0.25, -0.2) is 45.7 Å². The second-order valence-electron chi connectivity index (χ2n) is 22.3. The molecular weight excluding hydrogens is 1280 g/mol. The maximum absolute atomic E-state index is 14.4. The van der Waals surface area contributed by atoms with Crippen molar-refractivity contribution in [3.63, 3.8) is 0 Å². The van der Waals surface area contributed by atoms with Gasteiger partial charge in [0, 0.05) is 84.1 Å². The molecule has 0 radical (unpaired) electrons. The monoisotopic (exact) mass is 1350 g/mol. The SMILES string of the molecule is CNC(=O)C[C@@H]1NC(=O)c2csc(n2)-c2ccc(-c3nc(NC(=O)[C@H]4CC[C@H](C(=O)N5CCN(N)CC5)CC4)cs3)nc2-c2csc(n2)-c2csc(n2)[C@H]([C@@H](O)c2ccccc2)N(N)C(=O)CNC(=O)c2nc(sc2COC)[C@H](C(C)C)NC(=O)c2nc1sc2C. The summed E-state index contributed by atoms with van der Waals surface area (Å²) in [6.45, 7) is 7.26. The Hall–Kier alpha value is -7.76. The van der Waals surface area contributed by atoms with Crippen LogP contribution in [0.15, 0.2) is 64.0 Å². The Labute approximate surface area is 546 Å². The van der Waals surface area contributed by atoms with Crippen LogP contribution in [-0.2, 0) is 30.5 Å². The molecule has 3 aliphatic rings. The minimum atomic E-state index is -1.39. The van der Waals surface area contributed by atoms with Crippen molar-refractivity contribution in [3.8, 4) is 43.4 Å². The van der Waals surface area contributed by atoms with Crippen molar-refractivity contribution < 1.29 is 43.4 Å². The van der Waals surface area contributed by atoms with E-state index in [2.05, 4.69) is 26.6 Å². The smallest absolute Gasteiger partial charge is 0.271 e. The lowest BCUT2D eigenvalue weighted by molar-refractivity contribution is -0.139. The number of aliphatic hydroxyl groups excluding tert-OH is 1. The van der Waals surface area contributed by atoms with Gasteiger partial charge in [0.25, 0.3) is 23.6 Å². The molecule has 2 fully saturated rings. The number of ether oxygens (including phenoxy) is 1. The number of methoxy groups -OCH3 is 1. The number of pyridine rings is 1. The molecule has 8 aromatic rings. The molecule has 26 nitrogen and oxygen atoms in total. The van der Waals surface area contributed by atoms with Gasteiger partial charge in [0.1, 0.15) is 82.2 Å². The van der Waals surface area contributed by atoms with Gasteiger partial charge >= 0.3 is 0 Å². The third-order valence-corrected chi connectivity index (χ3v) is 21.5. The molecule has 4 atom stereocenters. The number of carbonyl (C=O) groups is 7. The van der Waals surface area contributed by atoms with Gasteiger partial charge < -0.3 is 41.3 Å². The molecule has 9 heterocycles. The van der Waals surface area contributed by atoms with E-state index < -0.39 is 60.3 Å². The highest BCUT2D eigenvalue weighted by Gasteiger charge is 2.37. The minimum absolute atomic E-state index is 0.0204. The molecule has 476 valence electrons. The summed E-state index contributed by atoms with van der Waals surface area (Å²) in [7, 11) is 2.94. The van der Waals surface area contributed by atoms with E-state index >= 15 is 0 Å². The van der Waals surface area contributed by atoms with Gasteiger partial charge in [-0.3, -0.25) is 44.4 Å². The van der Waals surface area contributed by atoms with Crippen LogP contribution in [0, 0.1) is 24.7 Å². The summed E-state index contributed by atoms with van der Waals surface area (Å²) in [5.74, 6) is 9.13. The number of aliphatic hydroxyl groups is 1. The maximum Gasteiger partial charge on any atom is 0.271 e. The summed E-state index contributed by atoms with van der Waals surface area (Å²) in [6, 6.07) is 9.22. The van der Waals surface area contributed by atoms with E-state index in [1.807, 2.05) is 18.7 Å². The molecule has 32 heteroatoms. The Morgan fingerprint density at radius 2 is 1.38 bits per heavy atom. The largest absolute Gasteiger partial charge is 0.386 e. The van der Waals surface area contributed by atoms with E-state index in [-0.39, 0.29) is 69.7 Å². The Bertz CT molecular complexity index is 4000. The number of benzene rings is 1. The number of hydrogen-bond acceptors (Lipinski definition) is 25. The van der Waals surface area contributed by atoms with E-state index in [0.717, 1.165) is 39.0 Å². The number of aryl methyl sites for hydroxylation is 1. The third kappa shape index (κ3) is 14.5. The Kier molecular flexibility index (Phi) is 20.2. The van der Waals surface area contributed by atoms with Crippen LogP contribution in [0.5, 0.6) is 0 Å². The maximum atomic E-state index is 14.4. The van der Waals surface area contributed by atoms with Crippen LogP contribution in [0.3, 0.4) is 0 Å². The Morgan fingerprint density at radius 1 is 0.703 bits per heavy atom. The lowest BCUT2D eigenvalue weighted by Crippen LogP contribution is -2.52. The van der Waals surface area contributed by atoms with E-state index in [1.54, 1.807) is 75.9 Å². The molecule has 91 heavy (non-hydrogen) atoms. The number of aromatic nitrogens is 7. The first-order valence-electron chi connectivity index (χ1n) is 29.1. The summed E-state index contributed by atoms with van der Waals surface area (Å²) in [6.07, 6.45) is 0.744. The fourth-order valence-electron chi connectivity index (χ4n) is 10.8. The fourth-order valence-corrected chi connectivity index (χ4v) is 16.3. The van der Waals surface area contributed by atoms with Crippen LogP contribution in [-0.4, -0.2) is 143 Å². The zero-order valence-corrected chi connectivity index (χ0v) is 54.9. The van der Waals surface area contributed by atoms with E-state index in [4.69, 9.17) is 51.3 Å². The van der Waals surface area contributed by atoms with Crippen LogP contribution >= 0.6 is 68.0 Å². The summed E-state index contributed by atoms with van der Waals surface area (Å²) in [5, 5.41) is 37.9. The van der Waals surface area contributed by atoms with Gasteiger partial charge in [0.2, 0.25) is 17.7 Å². The molecule has 1 aromatic carbocycles. The molecule has 1 saturated carbocycles. The predicted molar refractivity (Wildman–Crippen MR) is 346 cm³/mol. The third-order valence-electron chi connectivity index (χ3n) is 15.8. The molecule has 2 aliphatic heterocycles. The molecule has 0 spiro atoms. The molecule has 10 N–H and O–H groups in total. The number of hydrazine groups is 2. The lowest BCUT2D eigenvalue weighted by Gasteiger charge is -2.36. The molecule has 11 rings (SSSR count). The number of nitrogens with zero attached hydrogens (tertiary/aromatic N) is 10. The van der Waals surface area contributed by atoms with Crippen molar-refractivity contribution in [3.05, 3.63) is 111 Å². The highest BCUT2D eigenvalue weighted by molar-refractivity contribution is 7.15. The number of thiazole rings is 6. The van der Waals surface area contributed by atoms with E-state index in [1.165, 1.54) is 48.2 Å². The molecule has 0 unspecified atom stereocenters. The van der Waals surface area contributed by atoms with Gasteiger partial charge in [-0.1, -0.05) is 44.2 Å². The van der Waals surface area contributed by atoms with Gasteiger partial charge in [0.15, 0.2) is 0 Å². The van der Waals surface area contributed by atoms with Crippen molar-refractivity contribution in [2.75, 3.05) is 52.2 Å². The second kappa shape index (κ2) is 28.4. The van der Waals surface area contributed by atoms with Gasteiger partial charge in [-0.2, -0.15) is 0 Å². The second-order valence-corrected chi connectivity index (χ2v) is 28.1.